The van der Waals surface area contributed by atoms with Gasteiger partial charge >= 0.3 is 0 Å². The first-order chi connectivity index (χ1) is 7.24. The number of rotatable bonds is 3. The molecule has 0 saturated heterocycles. The van der Waals surface area contributed by atoms with E-state index in [4.69, 9.17) is 4.74 Å². The van der Waals surface area contributed by atoms with Crippen LogP contribution in [0.5, 0.6) is 5.75 Å². The van der Waals surface area contributed by atoms with Gasteiger partial charge in [-0.25, -0.2) is 0 Å². The van der Waals surface area contributed by atoms with Gasteiger partial charge in [0.25, 0.3) is 0 Å². The van der Waals surface area contributed by atoms with Gasteiger partial charge < -0.3 is 14.8 Å². The molecule has 2 N–H and O–H groups in total. The predicted octanol–water partition coefficient (Wildman–Crippen LogP) is 2.62. The Balaban J connectivity index is 2.63. The largest absolute Gasteiger partial charge is 0.493 e. The zero-order valence-electron chi connectivity index (χ0n) is 8.95. The summed E-state index contributed by atoms with van der Waals surface area (Å²) in [4.78, 5) is 3.13. The van der Waals surface area contributed by atoms with Crippen molar-refractivity contribution in [3.05, 3.63) is 30.0 Å². The molecule has 0 bridgehead atoms. The summed E-state index contributed by atoms with van der Waals surface area (Å²) >= 11 is 0. The molecule has 0 spiro atoms. The lowest BCUT2D eigenvalue weighted by Crippen LogP contribution is -1.94. The van der Waals surface area contributed by atoms with E-state index in [1.165, 1.54) is 0 Å². The van der Waals surface area contributed by atoms with E-state index >= 15 is 0 Å². The van der Waals surface area contributed by atoms with Crippen LogP contribution in [0.3, 0.4) is 0 Å². The topological polar surface area (TPSA) is 45.2 Å². The van der Waals surface area contributed by atoms with E-state index in [2.05, 4.69) is 4.98 Å². The minimum absolute atomic E-state index is 0.486. The Morgan fingerprint density at radius 1 is 1.47 bits per heavy atom. The van der Waals surface area contributed by atoms with E-state index in [0.717, 1.165) is 22.2 Å². The molecule has 0 unspecified atom stereocenters. The molecule has 1 aromatic carbocycles. The number of hydrogen-bond acceptors (Lipinski definition) is 2. The van der Waals surface area contributed by atoms with Crippen LogP contribution in [-0.2, 0) is 0 Å². The maximum atomic E-state index is 9.63. The third-order valence-corrected chi connectivity index (χ3v) is 2.45. The van der Waals surface area contributed by atoms with E-state index in [1.54, 1.807) is 6.92 Å². The molecule has 0 amide bonds. The van der Waals surface area contributed by atoms with Crippen LogP contribution >= 0.6 is 0 Å². The summed E-state index contributed by atoms with van der Waals surface area (Å²) in [5.74, 6) is 0.826. The van der Waals surface area contributed by atoms with Crippen molar-refractivity contribution >= 4 is 10.9 Å². The average molecular weight is 205 g/mol. The van der Waals surface area contributed by atoms with Gasteiger partial charge in [0.1, 0.15) is 5.75 Å². The van der Waals surface area contributed by atoms with Gasteiger partial charge in [0.05, 0.1) is 12.7 Å². The number of aromatic amines is 1. The Hall–Kier alpha value is -1.48. The summed E-state index contributed by atoms with van der Waals surface area (Å²) in [5.41, 5.74) is 1.88. The summed E-state index contributed by atoms with van der Waals surface area (Å²) in [5, 5.41) is 10.6. The van der Waals surface area contributed by atoms with Gasteiger partial charge in [-0.3, -0.25) is 0 Å². The highest BCUT2D eigenvalue weighted by atomic mass is 16.5. The van der Waals surface area contributed by atoms with Crippen molar-refractivity contribution in [1.29, 1.82) is 0 Å². The Kier molecular flexibility index (Phi) is 2.64. The summed E-state index contributed by atoms with van der Waals surface area (Å²) < 4.78 is 5.54. The minimum Gasteiger partial charge on any atom is -0.493 e. The average Bonchev–Trinajstić information content (AvgIpc) is 2.62. The second-order valence-corrected chi connectivity index (χ2v) is 3.53. The van der Waals surface area contributed by atoms with Crippen molar-refractivity contribution in [3.63, 3.8) is 0 Å². The summed E-state index contributed by atoms with van der Waals surface area (Å²) in [7, 11) is 0. The predicted molar refractivity (Wildman–Crippen MR) is 60.1 cm³/mol. The number of aromatic nitrogens is 1. The number of fused-ring (bicyclic) bond motifs is 1. The van der Waals surface area contributed by atoms with Crippen LogP contribution in [0, 0.1) is 0 Å². The van der Waals surface area contributed by atoms with E-state index in [1.807, 2.05) is 31.3 Å². The Bertz CT molecular complexity index is 460. The molecule has 0 aliphatic rings. The third-order valence-electron chi connectivity index (χ3n) is 2.45. The molecule has 0 fully saturated rings. The zero-order chi connectivity index (χ0) is 10.8. The van der Waals surface area contributed by atoms with Gasteiger partial charge in [0.15, 0.2) is 0 Å². The standard InChI is InChI=1S/C12H15NO2/c1-3-15-11-6-4-5-10-12(11)9(7-13-10)8(2)14/h4-8,13-14H,3H2,1-2H3/t8-/m0/s1. The Morgan fingerprint density at radius 2 is 2.27 bits per heavy atom. The zero-order valence-corrected chi connectivity index (χ0v) is 8.95. The highest BCUT2D eigenvalue weighted by molar-refractivity contribution is 5.89. The molecule has 3 heteroatoms. The monoisotopic (exact) mass is 205 g/mol. The van der Waals surface area contributed by atoms with Crippen LogP contribution in [0.4, 0.5) is 0 Å². The molecule has 2 aromatic rings. The molecular weight excluding hydrogens is 190 g/mol. The molecular formula is C12H15NO2. The lowest BCUT2D eigenvalue weighted by Gasteiger charge is -2.08. The molecule has 3 nitrogen and oxygen atoms in total. The molecule has 0 aliphatic carbocycles. The van der Waals surface area contributed by atoms with Gasteiger partial charge in [0, 0.05) is 22.7 Å². The van der Waals surface area contributed by atoms with Gasteiger partial charge in [-0.2, -0.15) is 0 Å². The van der Waals surface area contributed by atoms with Crippen molar-refractivity contribution in [3.8, 4) is 5.75 Å². The van der Waals surface area contributed by atoms with Crippen molar-refractivity contribution in [2.75, 3.05) is 6.61 Å². The van der Waals surface area contributed by atoms with E-state index in [9.17, 15) is 5.11 Å². The number of ether oxygens (including phenoxy) is 1. The van der Waals surface area contributed by atoms with Crippen molar-refractivity contribution in [1.82, 2.24) is 4.98 Å². The molecule has 1 atom stereocenters. The van der Waals surface area contributed by atoms with Gasteiger partial charge in [0.2, 0.25) is 0 Å². The minimum atomic E-state index is -0.486. The Morgan fingerprint density at radius 3 is 2.93 bits per heavy atom. The lowest BCUT2D eigenvalue weighted by molar-refractivity contribution is 0.200. The van der Waals surface area contributed by atoms with Gasteiger partial charge in [-0.15, -0.1) is 0 Å². The maximum absolute atomic E-state index is 9.63. The smallest absolute Gasteiger partial charge is 0.129 e. The van der Waals surface area contributed by atoms with Crippen molar-refractivity contribution in [2.45, 2.75) is 20.0 Å². The molecule has 15 heavy (non-hydrogen) atoms. The van der Waals surface area contributed by atoms with Crippen LogP contribution in [-0.4, -0.2) is 16.7 Å². The van der Waals surface area contributed by atoms with Crippen LogP contribution in [0.15, 0.2) is 24.4 Å². The number of H-pyrrole nitrogens is 1. The second kappa shape index (κ2) is 3.95. The van der Waals surface area contributed by atoms with Gasteiger partial charge in [-0.1, -0.05) is 6.07 Å². The van der Waals surface area contributed by atoms with Crippen LogP contribution in [0.25, 0.3) is 10.9 Å². The molecule has 1 heterocycles. The van der Waals surface area contributed by atoms with E-state index in [-0.39, 0.29) is 0 Å². The summed E-state index contributed by atoms with van der Waals surface area (Å²) in [6.07, 6.45) is 1.35. The second-order valence-electron chi connectivity index (χ2n) is 3.53. The maximum Gasteiger partial charge on any atom is 0.129 e. The molecule has 2 rings (SSSR count). The molecule has 0 saturated carbocycles. The fourth-order valence-corrected chi connectivity index (χ4v) is 1.78. The first-order valence-corrected chi connectivity index (χ1v) is 5.15. The number of aliphatic hydroxyl groups excluding tert-OH is 1. The van der Waals surface area contributed by atoms with E-state index < -0.39 is 6.10 Å². The highest BCUT2D eigenvalue weighted by Crippen LogP contribution is 2.31. The SMILES string of the molecule is CCOc1cccc2[nH]cc([C@H](C)O)c12. The normalized spacial score (nSPS) is 13.0. The highest BCUT2D eigenvalue weighted by Gasteiger charge is 2.12. The first kappa shape index (κ1) is 10.1. The molecule has 80 valence electrons. The Labute approximate surface area is 88.7 Å². The van der Waals surface area contributed by atoms with Crippen LogP contribution in [0.2, 0.25) is 0 Å². The number of nitrogens with one attached hydrogen (secondary N) is 1. The van der Waals surface area contributed by atoms with Crippen molar-refractivity contribution in [2.24, 2.45) is 0 Å². The van der Waals surface area contributed by atoms with E-state index in [0.29, 0.717) is 6.61 Å². The van der Waals surface area contributed by atoms with Crippen LogP contribution in [0.1, 0.15) is 25.5 Å². The fourth-order valence-electron chi connectivity index (χ4n) is 1.78. The third kappa shape index (κ3) is 1.70. The van der Waals surface area contributed by atoms with Gasteiger partial charge in [-0.05, 0) is 26.0 Å². The quantitative estimate of drug-likeness (QED) is 0.809. The number of aliphatic hydroxyl groups is 1. The molecule has 1 aromatic heterocycles. The first-order valence-electron chi connectivity index (χ1n) is 5.15. The lowest BCUT2D eigenvalue weighted by atomic mass is 10.1. The molecule has 0 aliphatic heterocycles. The van der Waals surface area contributed by atoms with Crippen molar-refractivity contribution < 1.29 is 9.84 Å². The number of hydrogen-bond donors (Lipinski definition) is 2. The fraction of sp³-hybridized carbons (Fsp3) is 0.333. The summed E-state index contributed by atoms with van der Waals surface area (Å²) in [6.45, 7) is 4.34. The van der Waals surface area contributed by atoms with Crippen LogP contribution < -0.4 is 4.74 Å². The number of benzene rings is 1. The molecule has 0 radical (unpaired) electrons. The summed E-state index contributed by atoms with van der Waals surface area (Å²) in [6, 6.07) is 5.84.